The maximum atomic E-state index is 13.5. The van der Waals surface area contributed by atoms with E-state index >= 15 is 0 Å². The average molecular weight is 505 g/mol. The third kappa shape index (κ3) is 5.61. The predicted molar refractivity (Wildman–Crippen MR) is 143 cm³/mol. The summed E-state index contributed by atoms with van der Waals surface area (Å²) in [4.78, 5) is 10.1. The summed E-state index contributed by atoms with van der Waals surface area (Å²) in [6.07, 6.45) is 3.83. The van der Waals surface area contributed by atoms with Crippen LogP contribution in [-0.2, 0) is 17.3 Å². The zero-order valence-corrected chi connectivity index (χ0v) is 23.0. The predicted octanol–water partition coefficient (Wildman–Crippen LogP) is 8.05. The number of aromatic nitrogens is 1. The largest absolute Gasteiger partial charge is 0.416 e. The molecule has 3 nitrogen and oxygen atoms in total. The van der Waals surface area contributed by atoms with Gasteiger partial charge in [-0.05, 0) is 45.9 Å². The molecule has 1 aromatic heterocycles. The molecule has 2 heterocycles. The van der Waals surface area contributed by atoms with E-state index in [2.05, 4.69) is 46.5 Å². The molecule has 3 rings (SSSR count). The van der Waals surface area contributed by atoms with Crippen molar-refractivity contribution in [3.8, 4) is 0 Å². The first-order chi connectivity index (χ1) is 15.6. The average Bonchev–Trinajstić information content (AvgIpc) is 3.15. The molecule has 33 heavy (non-hydrogen) atoms. The Kier molecular flexibility index (Phi) is 8.59. The molecule has 0 radical (unpaired) electrons. The number of aliphatic imine (C=N–C) groups is 1. The highest BCUT2D eigenvalue weighted by atomic mass is 35.5. The van der Waals surface area contributed by atoms with E-state index in [1.807, 2.05) is 6.07 Å². The molecule has 0 amide bonds. The molecular formula is C26H34ClFN2OSSi. The molecule has 0 aliphatic carbocycles. The Bertz CT molecular complexity index is 1030. The minimum Gasteiger partial charge on any atom is -0.416 e. The van der Waals surface area contributed by atoms with E-state index in [1.165, 1.54) is 6.07 Å². The molecule has 0 bridgehead atoms. The minimum atomic E-state index is -1.89. The van der Waals surface area contributed by atoms with E-state index in [1.54, 1.807) is 18.3 Å². The van der Waals surface area contributed by atoms with Crippen molar-refractivity contribution in [3.05, 3.63) is 58.0 Å². The standard InChI is InChI=1S/C26H34ClFN2OSSi/c1-16(2)33(17(3)4,18(5)6)31-12-10-20-15-22-21(9-11-29-26(22)30-20)25(32)14-19-7-8-24(28)23(27)13-19/h7-9,11,13,16-18H,10,12,14-15H2,1-6H3. The number of pyridine rings is 1. The Hall–Kier alpha value is -1.47. The fourth-order valence-electron chi connectivity index (χ4n) is 5.33. The van der Waals surface area contributed by atoms with E-state index in [9.17, 15) is 4.39 Å². The van der Waals surface area contributed by atoms with Crippen LogP contribution in [0.15, 0.2) is 35.5 Å². The molecule has 0 fully saturated rings. The minimum absolute atomic E-state index is 0.115. The van der Waals surface area contributed by atoms with Crippen LogP contribution in [0.4, 0.5) is 10.2 Å². The lowest BCUT2D eigenvalue weighted by Gasteiger charge is -2.42. The fourth-order valence-corrected chi connectivity index (χ4v) is 11.3. The second-order valence-corrected chi connectivity index (χ2v) is 16.1. The van der Waals surface area contributed by atoms with Crippen LogP contribution >= 0.6 is 23.8 Å². The summed E-state index contributed by atoms with van der Waals surface area (Å²) in [7, 11) is -1.89. The first-order valence-electron chi connectivity index (χ1n) is 11.7. The van der Waals surface area contributed by atoms with Crippen molar-refractivity contribution in [1.29, 1.82) is 0 Å². The lowest BCUT2D eigenvalue weighted by atomic mass is 9.98. The van der Waals surface area contributed by atoms with Crippen LogP contribution < -0.4 is 0 Å². The van der Waals surface area contributed by atoms with Gasteiger partial charge < -0.3 is 4.43 Å². The number of rotatable bonds is 10. The van der Waals surface area contributed by atoms with Gasteiger partial charge >= 0.3 is 0 Å². The quantitative estimate of drug-likeness (QED) is 0.186. The Labute approximate surface area is 209 Å². The Morgan fingerprint density at radius 3 is 2.39 bits per heavy atom. The topological polar surface area (TPSA) is 34.5 Å². The van der Waals surface area contributed by atoms with Gasteiger partial charge in [0.15, 0.2) is 14.1 Å². The van der Waals surface area contributed by atoms with Crippen molar-refractivity contribution in [3.63, 3.8) is 0 Å². The first kappa shape index (κ1) is 26.1. The molecular weight excluding hydrogens is 471 g/mol. The van der Waals surface area contributed by atoms with Gasteiger partial charge in [-0.2, -0.15) is 0 Å². The van der Waals surface area contributed by atoms with Crippen LogP contribution in [0, 0.1) is 5.82 Å². The molecule has 1 aliphatic heterocycles. The summed E-state index contributed by atoms with van der Waals surface area (Å²) in [6, 6.07) is 6.70. The summed E-state index contributed by atoms with van der Waals surface area (Å²) in [5, 5.41) is 0.115. The number of nitrogens with zero attached hydrogens (tertiary/aromatic N) is 2. The van der Waals surface area contributed by atoms with Gasteiger partial charge in [0.2, 0.25) is 0 Å². The lowest BCUT2D eigenvalue weighted by Crippen LogP contribution is -2.48. The molecule has 1 aliphatic rings. The zero-order valence-electron chi connectivity index (χ0n) is 20.4. The van der Waals surface area contributed by atoms with E-state index < -0.39 is 14.1 Å². The van der Waals surface area contributed by atoms with Gasteiger partial charge in [-0.15, -0.1) is 0 Å². The van der Waals surface area contributed by atoms with E-state index in [0.29, 0.717) is 29.7 Å². The van der Waals surface area contributed by atoms with Crippen molar-refractivity contribution in [1.82, 2.24) is 4.98 Å². The monoisotopic (exact) mass is 504 g/mol. The first-order valence-corrected chi connectivity index (χ1v) is 14.6. The third-order valence-corrected chi connectivity index (χ3v) is 13.5. The highest BCUT2D eigenvalue weighted by Crippen LogP contribution is 2.42. The van der Waals surface area contributed by atoms with Gasteiger partial charge in [0, 0.05) is 48.2 Å². The van der Waals surface area contributed by atoms with Crippen molar-refractivity contribution in [2.45, 2.75) is 77.4 Å². The van der Waals surface area contributed by atoms with Crippen LogP contribution in [0.1, 0.15) is 64.7 Å². The number of halogens is 2. The number of hydrogen-bond donors (Lipinski definition) is 0. The number of benzene rings is 1. The molecule has 7 heteroatoms. The van der Waals surface area contributed by atoms with Crippen LogP contribution in [-0.4, -0.2) is 30.5 Å². The van der Waals surface area contributed by atoms with Gasteiger partial charge in [-0.3, -0.25) is 0 Å². The van der Waals surface area contributed by atoms with E-state index in [-0.39, 0.29) is 5.02 Å². The number of hydrogen-bond acceptors (Lipinski definition) is 4. The second kappa shape index (κ2) is 10.9. The van der Waals surface area contributed by atoms with Gasteiger partial charge in [-0.1, -0.05) is 71.4 Å². The molecule has 0 saturated carbocycles. The molecule has 0 atom stereocenters. The van der Waals surface area contributed by atoms with Crippen molar-refractivity contribution in [2.75, 3.05) is 6.61 Å². The highest BCUT2D eigenvalue weighted by Gasteiger charge is 2.44. The van der Waals surface area contributed by atoms with Crippen molar-refractivity contribution in [2.24, 2.45) is 4.99 Å². The maximum absolute atomic E-state index is 13.5. The van der Waals surface area contributed by atoms with Crippen LogP contribution in [0.2, 0.25) is 21.6 Å². The van der Waals surface area contributed by atoms with E-state index in [0.717, 1.165) is 45.9 Å². The van der Waals surface area contributed by atoms with Gasteiger partial charge in [0.1, 0.15) is 5.82 Å². The molecule has 0 spiro atoms. The molecule has 2 aromatic rings. The summed E-state index contributed by atoms with van der Waals surface area (Å²) in [5.41, 5.74) is 5.73. The third-order valence-electron chi connectivity index (χ3n) is 6.78. The maximum Gasteiger partial charge on any atom is 0.200 e. The Morgan fingerprint density at radius 1 is 1.12 bits per heavy atom. The molecule has 0 unspecified atom stereocenters. The highest BCUT2D eigenvalue weighted by molar-refractivity contribution is 7.80. The zero-order chi connectivity index (χ0) is 24.3. The normalized spacial score (nSPS) is 13.7. The van der Waals surface area contributed by atoms with Gasteiger partial charge in [0.05, 0.1) is 5.02 Å². The molecule has 1 aromatic carbocycles. The SMILES string of the molecule is CC(C)[Si](OCCC1=Nc2nccc(C(=S)Cc3ccc(F)c(Cl)c3)c2C1)(C(C)C)C(C)C. The number of thiocarbonyl (C=S) groups is 1. The van der Waals surface area contributed by atoms with Crippen molar-refractivity contribution < 1.29 is 8.82 Å². The smallest absolute Gasteiger partial charge is 0.200 e. The lowest BCUT2D eigenvalue weighted by molar-refractivity contribution is 0.287. The fraction of sp³-hybridized carbons (Fsp3) is 0.500. The van der Waals surface area contributed by atoms with E-state index in [4.69, 9.17) is 33.2 Å². The summed E-state index contributed by atoms with van der Waals surface area (Å²) in [5.74, 6) is 0.331. The van der Waals surface area contributed by atoms with Gasteiger partial charge in [0.25, 0.3) is 0 Å². The summed E-state index contributed by atoms with van der Waals surface area (Å²) < 4.78 is 20.2. The Balaban J connectivity index is 1.68. The van der Waals surface area contributed by atoms with Crippen molar-refractivity contribution >= 4 is 48.5 Å². The number of fused-ring (bicyclic) bond motifs is 1. The molecule has 0 N–H and O–H groups in total. The Morgan fingerprint density at radius 2 is 1.79 bits per heavy atom. The van der Waals surface area contributed by atoms with Crippen LogP contribution in [0.3, 0.4) is 0 Å². The second-order valence-electron chi connectivity index (χ2n) is 9.78. The summed E-state index contributed by atoms with van der Waals surface area (Å²) in [6.45, 7) is 14.5. The van der Waals surface area contributed by atoms with Crippen LogP contribution in [0.25, 0.3) is 0 Å². The van der Waals surface area contributed by atoms with Crippen LogP contribution in [0.5, 0.6) is 0 Å². The molecule has 0 saturated heterocycles. The molecule has 178 valence electrons. The summed E-state index contributed by atoms with van der Waals surface area (Å²) >= 11 is 11.7. The van der Waals surface area contributed by atoms with Gasteiger partial charge in [-0.25, -0.2) is 14.4 Å².